The van der Waals surface area contributed by atoms with Gasteiger partial charge in [-0.05, 0) is 37.0 Å². The van der Waals surface area contributed by atoms with Crippen molar-refractivity contribution in [2.75, 3.05) is 31.6 Å². The first-order valence-electron chi connectivity index (χ1n) is 9.32. The maximum Gasteiger partial charge on any atom is 0.304 e. The number of anilines is 1. The summed E-state index contributed by atoms with van der Waals surface area (Å²) in [5, 5.41) is 4.17. The van der Waals surface area contributed by atoms with Gasteiger partial charge in [-0.1, -0.05) is 6.92 Å². The minimum absolute atomic E-state index is 0.124. The van der Waals surface area contributed by atoms with Gasteiger partial charge < -0.3 is 9.47 Å². The molecule has 154 valence electrons. The molecule has 1 saturated heterocycles. The Labute approximate surface area is 166 Å². The van der Waals surface area contributed by atoms with Crippen molar-refractivity contribution < 1.29 is 17.9 Å². The molecule has 0 bridgehead atoms. The molecule has 0 N–H and O–H groups in total. The predicted molar refractivity (Wildman–Crippen MR) is 108 cm³/mol. The summed E-state index contributed by atoms with van der Waals surface area (Å²) in [6.07, 6.45) is 5.18. The van der Waals surface area contributed by atoms with E-state index in [-0.39, 0.29) is 6.54 Å². The van der Waals surface area contributed by atoms with Crippen LogP contribution in [0, 0.1) is 5.92 Å². The number of hydrogen-bond acceptors (Lipinski definition) is 5. The van der Waals surface area contributed by atoms with Gasteiger partial charge in [-0.3, -0.25) is 4.68 Å². The molecule has 3 rings (SSSR count). The normalized spacial score (nSPS) is 18.1. The molecule has 0 radical (unpaired) electrons. The van der Waals surface area contributed by atoms with Gasteiger partial charge in [0.25, 0.3) is 0 Å². The van der Waals surface area contributed by atoms with Crippen LogP contribution in [0.5, 0.6) is 11.5 Å². The Morgan fingerprint density at radius 1 is 1.29 bits per heavy atom. The van der Waals surface area contributed by atoms with E-state index in [4.69, 9.17) is 9.47 Å². The zero-order valence-corrected chi connectivity index (χ0v) is 17.6. The summed E-state index contributed by atoms with van der Waals surface area (Å²) in [5.41, 5.74) is 1.24. The average Bonchev–Trinajstić information content (AvgIpc) is 3.11. The van der Waals surface area contributed by atoms with Gasteiger partial charge in [0, 0.05) is 31.9 Å². The number of nitrogens with zero attached hydrogens (tertiary/aromatic N) is 4. The molecule has 1 aromatic carbocycles. The number of benzene rings is 1. The van der Waals surface area contributed by atoms with E-state index in [2.05, 4.69) is 12.0 Å². The Bertz CT molecular complexity index is 912. The molecule has 0 spiro atoms. The summed E-state index contributed by atoms with van der Waals surface area (Å²) < 4.78 is 42.4. The molecule has 1 aliphatic heterocycles. The van der Waals surface area contributed by atoms with E-state index in [9.17, 15) is 8.42 Å². The Morgan fingerprint density at radius 2 is 2.07 bits per heavy atom. The largest absolute Gasteiger partial charge is 0.497 e. The topological polar surface area (TPSA) is 76.9 Å². The lowest BCUT2D eigenvalue weighted by atomic mass is 10.0. The summed E-state index contributed by atoms with van der Waals surface area (Å²) in [4.78, 5) is 0. The number of piperidine rings is 1. The van der Waals surface area contributed by atoms with Crippen LogP contribution in [-0.4, -0.2) is 49.8 Å². The van der Waals surface area contributed by atoms with Crippen LogP contribution in [0.3, 0.4) is 0 Å². The van der Waals surface area contributed by atoms with Crippen molar-refractivity contribution in [1.82, 2.24) is 14.1 Å². The van der Waals surface area contributed by atoms with Crippen molar-refractivity contribution in [3.05, 3.63) is 36.2 Å². The number of aryl methyl sites for hydroxylation is 1. The van der Waals surface area contributed by atoms with E-state index in [1.165, 1.54) is 4.31 Å². The van der Waals surface area contributed by atoms with E-state index >= 15 is 0 Å². The summed E-state index contributed by atoms with van der Waals surface area (Å²) in [5.74, 6) is 1.59. The third-order valence-electron chi connectivity index (χ3n) is 5.01. The molecule has 9 heteroatoms. The van der Waals surface area contributed by atoms with Crippen LogP contribution in [-0.2, 0) is 23.8 Å². The molecule has 8 nitrogen and oxygen atoms in total. The summed E-state index contributed by atoms with van der Waals surface area (Å²) in [6, 6.07) is 5.37. The fraction of sp³-hybridized carbons (Fsp3) is 0.526. The van der Waals surface area contributed by atoms with Crippen molar-refractivity contribution >= 4 is 15.9 Å². The van der Waals surface area contributed by atoms with Crippen molar-refractivity contribution in [1.29, 1.82) is 0 Å². The second-order valence-electron chi connectivity index (χ2n) is 7.17. The molecule has 1 aromatic heterocycles. The molecule has 0 aliphatic carbocycles. The van der Waals surface area contributed by atoms with E-state index in [1.807, 2.05) is 0 Å². The Morgan fingerprint density at radius 3 is 2.68 bits per heavy atom. The van der Waals surface area contributed by atoms with Gasteiger partial charge in [0.2, 0.25) is 0 Å². The highest BCUT2D eigenvalue weighted by molar-refractivity contribution is 7.90. The Hall–Kier alpha value is -2.26. The second-order valence-corrected chi connectivity index (χ2v) is 9.02. The van der Waals surface area contributed by atoms with Crippen molar-refractivity contribution in [2.45, 2.75) is 26.3 Å². The third-order valence-corrected chi connectivity index (χ3v) is 6.89. The first-order valence-corrected chi connectivity index (χ1v) is 10.7. The molecular formula is C19H28N4O4S. The Kier molecular flexibility index (Phi) is 6.14. The zero-order valence-electron chi connectivity index (χ0n) is 16.8. The van der Waals surface area contributed by atoms with Crippen LogP contribution in [0.25, 0.3) is 0 Å². The molecule has 1 fully saturated rings. The number of methoxy groups -OCH3 is 2. The first kappa shape index (κ1) is 20.5. The highest BCUT2D eigenvalue weighted by atomic mass is 32.2. The van der Waals surface area contributed by atoms with Crippen LogP contribution in [0.1, 0.15) is 25.3 Å². The number of ether oxygens (including phenoxy) is 2. The van der Waals surface area contributed by atoms with Crippen LogP contribution >= 0.6 is 0 Å². The minimum Gasteiger partial charge on any atom is -0.497 e. The van der Waals surface area contributed by atoms with Crippen LogP contribution in [0.15, 0.2) is 30.6 Å². The molecule has 0 unspecified atom stereocenters. The van der Waals surface area contributed by atoms with Gasteiger partial charge in [-0.25, -0.2) is 4.31 Å². The van der Waals surface area contributed by atoms with Gasteiger partial charge in [-0.15, -0.1) is 0 Å². The number of rotatable bonds is 7. The lowest BCUT2D eigenvalue weighted by Gasteiger charge is -2.35. The SMILES string of the molecule is COc1ccc(OC)c(CN(c2cnn(C)c2)S(=O)(=O)N2CCC[C@@H](C)C2)c1. The average molecular weight is 409 g/mol. The number of aromatic nitrogens is 2. The Balaban J connectivity index is 2.01. The quantitative estimate of drug-likeness (QED) is 0.703. The maximum atomic E-state index is 13.5. The van der Waals surface area contributed by atoms with E-state index in [0.717, 1.165) is 18.4 Å². The molecule has 2 aromatic rings. The molecule has 28 heavy (non-hydrogen) atoms. The first-order chi connectivity index (χ1) is 13.3. The lowest BCUT2D eigenvalue weighted by molar-refractivity contribution is 0.280. The molecule has 1 aliphatic rings. The van der Waals surface area contributed by atoms with E-state index in [1.54, 1.807) is 60.8 Å². The lowest BCUT2D eigenvalue weighted by Crippen LogP contribution is -2.47. The highest BCUT2D eigenvalue weighted by Crippen LogP contribution is 2.31. The summed E-state index contributed by atoms with van der Waals surface area (Å²) in [7, 11) is 1.19. The van der Waals surface area contributed by atoms with Gasteiger partial charge in [0.05, 0.1) is 32.6 Å². The predicted octanol–water partition coefficient (Wildman–Crippen LogP) is 2.42. The fourth-order valence-electron chi connectivity index (χ4n) is 3.50. The molecule has 2 heterocycles. The summed E-state index contributed by atoms with van der Waals surface area (Å²) in [6.45, 7) is 3.26. The molecule has 0 amide bonds. The van der Waals surface area contributed by atoms with Gasteiger partial charge >= 0.3 is 10.2 Å². The molecule has 0 saturated carbocycles. The van der Waals surface area contributed by atoms with Gasteiger partial charge in [-0.2, -0.15) is 17.8 Å². The van der Waals surface area contributed by atoms with Crippen molar-refractivity contribution in [2.24, 2.45) is 13.0 Å². The maximum absolute atomic E-state index is 13.5. The summed E-state index contributed by atoms with van der Waals surface area (Å²) >= 11 is 0. The standard InChI is InChI=1S/C19H28N4O4S/c1-15-6-5-9-22(12-15)28(24,25)23(17-11-20-21(2)14-17)13-16-10-18(26-3)7-8-19(16)27-4/h7-8,10-11,14-15H,5-6,9,12-13H2,1-4H3/t15-/m1/s1. The van der Waals surface area contributed by atoms with Gasteiger partial charge in [0.1, 0.15) is 11.5 Å². The van der Waals surface area contributed by atoms with E-state index < -0.39 is 10.2 Å². The molecular weight excluding hydrogens is 380 g/mol. The van der Waals surface area contributed by atoms with Crippen molar-refractivity contribution in [3.63, 3.8) is 0 Å². The van der Waals surface area contributed by atoms with Crippen LogP contribution in [0.2, 0.25) is 0 Å². The molecule has 1 atom stereocenters. The highest BCUT2D eigenvalue weighted by Gasteiger charge is 2.34. The third kappa shape index (κ3) is 4.25. The van der Waals surface area contributed by atoms with Crippen molar-refractivity contribution in [3.8, 4) is 11.5 Å². The minimum atomic E-state index is -3.72. The number of hydrogen-bond donors (Lipinski definition) is 0. The van der Waals surface area contributed by atoms with Gasteiger partial charge in [0.15, 0.2) is 0 Å². The monoisotopic (exact) mass is 408 g/mol. The smallest absolute Gasteiger partial charge is 0.304 e. The second kappa shape index (κ2) is 8.40. The van der Waals surface area contributed by atoms with E-state index in [0.29, 0.717) is 36.2 Å². The fourth-order valence-corrected chi connectivity index (χ4v) is 5.24. The van der Waals surface area contributed by atoms with Crippen LogP contribution in [0.4, 0.5) is 5.69 Å². The van der Waals surface area contributed by atoms with Crippen LogP contribution < -0.4 is 13.8 Å². The zero-order chi connectivity index (χ0) is 20.3.